The Hall–Kier alpha value is -3.06. The maximum atomic E-state index is 11.0. The zero-order chi connectivity index (χ0) is 16.4. The van der Waals surface area contributed by atoms with Crippen LogP contribution >= 0.6 is 0 Å². The molecule has 116 valence electrons. The van der Waals surface area contributed by atoms with E-state index >= 15 is 0 Å². The third-order valence-corrected chi connectivity index (χ3v) is 3.59. The van der Waals surface area contributed by atoms with Gasteiger partial charge in [-0.05, 0) is 30.7 Å². The maximum Gasteiger partial charge on any atom is 0.271 e. The molecule has 1 aromatic heterocycles. The van der Waals surface area contributed by atoms with Crippen LogP contribution in [0.5, 0.6) is 0 Å². The smallest absolute Gasteiger partial charge is 0.271 e. The van der Waals surface area contributed by atoms with E-state index in [1.807, 2.05) is 25.1 Å². The molecule has 0 aliphatic carbocycles. The molecule has 7 heteroatoms. The highest BCUT2D eigenvalue weighted by Crippen LogP contribution is 2.28. The standard InChI is InChI=1S/C16H15N5O2/c1-11-4-5-13(21(22)23)9-15(11)20-8-6-14(19-16(20)17)12-3-2-7-18-10-12/h2-10,16H,17H2,1H3. The van der Waals surface area contributed by atoms with Crippen LogP contribution in [0.25, 0.3) is 0 Å². The summed E-state index contributed by atoms with van der Waals surface area (Å²) in [6, 6.07) is 8.41. The van der Waals surface area contributed by atoms with Gasteiger partial charge in [-0.15, -0.1) is 0 Å². The largest absolute Gasteiger partial charge is 0.313 e. The average Bonchev–Trinajstić information content (AvgIpc) is 2.56. The van der Waals surface area contributed by atoms with Crippen molar-refractivity contribution in [2.45, 2.75) is 13.2 Å². The fourth-order valence-electron chi connectivity index (χ4n) is 2.38. The first-order valence-electron chi connectivity index (χ1n) is 7.01. The molecule has 3 rings (SSSR count). The number of pyridine rings is 1. The third-order valence-electron chi connectivity index (χ3n) is 3.59. The number of rotatable bonds is 3. The van der Waals surface area contributed by atoms with Gasteiger partial charge in [0.2, 0.25) is 0 Å². The van der Waals surface area contributed by atoms with Gasteiger partial charge in [-0.25, -0.2) is 4.99 Å². The lowest BCUT2D eigenvalue weighted by atomic mass is 10.1. The van der Waals surface area contributed by atoms with Crippen molar-refractivity contribution in [2.24, 2.45) is 10.7 Å². The van der Waals surface area contributed by atoms with Crippen LogP contribution in [0, 0.1) is 17.0 Å². The van der Waals surface area contributed by atoms with Crippen LogP contribution in [-0.4, -0.2) is 21.9 Å². The quantitative estimate of drug-likeness (QED) is 0.693. The fraction of sp³-hybridized carbons (Fsp3) is 0.125. The van der Waals surface area contributed by atoms with Gasteiger partial charge in [0.1, 0.15) is 0 Å². The first-order chi connectivity index (χ1) is 11.1. The van der Waals surface area contributed by atoms with Crippen LogP contribution in [0.4, 0.5) is 11.4 Å². The number of aryl methyl sites for hydroxylation is 1. The number of allylic oxidation sites excluding steroid dienone is 1. The molecule has 0 radical (unpaired) electrons. The number of anilines is 1. The second-order valence-corrected chi connectivity index (χ2v) is 5.12. The van der Waals surface area contributed by atoms with E-state index in [4.69, 9.17) is 5.73 Å². The van der Waals surface area contributed by atoms with Crippen LogP contribution in [0.3, 0.4) is 0 Å². The molecule has 2 heterocycles. The maximum absolute atomic E-state index is 11.0. The van der Waals surface area contributed by atoms with E-state index in [1.165, 1.54) is 12.1 Å². The minimum absolute atomic E-state index is 0.0215. The SMILES string of the molecule is Cc1ccc([N+](=O)[O-])cc1N1C=CC(c2cccnc2)=NC1N. The van der Waals surface area contributed by atoms with E-state index in [-0.39, 0.29) is 5.69 Å². The Morgan fingerprint density at radius 1 is 1.35 bits per heavy atom. The number of nitro benzene ring substituents is 1. The highest BCUT2D eigenvalue weighted by atomic mass is 16.6. The van der Waals surface area contributed by atoms with Crippen LogP contribution < -0.4 is 10.6 Å². The molecular weight excluding hydrogens is 294 g/mol. The summed E-state index contributed by atoms with van der Waals surface area (Å²) in [5.74, 6) is 0. The van der Waals surface area contributed by atoms with E-state index in [1.54, 1.807) is 29.6 Å². The number of non-ortho nitro benzene ring substituents is 1. The normalized spacial score (nSPS) is 17.0. The number of nitro groups is 1. The van der Waals surface area contributed by atoms with Gasteiger partial charge < -0.3 is 4.90 Å². The van der Waals surface area contributed by atoms with Crippen molar-refractivity contribution in [3.63, 3.8) is 0 Å². The summed E-state index contributed by atoms with van der Waals surface area (Å²) in [6.07, 6.45) is 6.35. The minimum atomic E-state index is -0.657. The predicted octanol–water partition coefficient (Wildman–Crippen LogP) is 2.36. The molecule has 0 fully saturated rings. The summed E-state index contributed by atoms with van der Waals surface area (Å²) in [7, 11) is 0. The van der Waals surface area contributed by atoms with E-state index in [9.17, 15) is 10.1 Å². The Balaban J connectivity index is 1.93. The van der Waals surface area contributed by atoms with Crippen molar-refractivity contribution in [3.8, 4) is 0 Å². The topological polar surface area (TPSA) is 97.6 Å². The van der Waals surface area contributed by atoms with Gasteiger partial charge >= 0.3 is 0 Å². The molecule has 1 atom stereocenters. The van der Waals surface area contributed by atoms with Crippen LogP contribution in [0.1, 0.15) is 11.1 Å². The van der Waals surface area contributed by atoms with E-state index < -0.39 is 11.2 Å². The number of hydrogen-bond donors (Lipinski definition) is 1. The Bertz CT molecular complexity index is 801. The summed E-state index contributed by atoms with van der Waals surface area (Å²) in [4.78, 5) is 20.8. The van der Waals surface area contributed by atoms with Gasteiger partial charge in [0.15, 0.2) is 6.29 Å². The van der Waals surface area contributed by atoms with Crippen LogP contribution in [0.15, 0.2) is 60.0 Å². The average molecular weight is 309 g/mol. The second kappa shape index (κ2) is 5.98. The zero-order valence-corrected chi connectivity index (χ0v) is 12.5. The predicted molar refractivity (Wildman–Crippen MR) is 88.2 cm³/mol. The Labute approximate surface area is 132 Å². The van der Waals surface area contributed by atoms with E-state index in [0.717, 1.165) is 16.8 Å². The number of benzene rings is 1. The molecule has 1 aromatic carbocycles. The molecule has 0 amide bonds. The second-order valence-electron chi connectivity index (χ2n) is 5.12. The van der Waals surface area contributed by atoms with E-state index in [2.05, 4.69) is 9.98 Å². The Kier molecular flexibility index (Phi) is 3.86. The Morgan fingerprint density at radius 2 is 2.17 bits per heavy atom. The first-order valence-corrected chi connectivity index (χ1v) is 7.01. The number of hydrogen-bond acceptors (Lipinski definition) is 6. The molecule has 0 spiro atoms. The first kappa shape index (κ1) is 14.9. The van der Waals surface area contributed by atoms with Gasteiger partial charge in [0, 0.05) is 36.3 Å². The molecule has 0 saturated heterocycles. The third kappa shape index (κ3) is 2.95. The van der Waals surface area contributed by atoms with Gasteiger partial charge in [0.25, 0.3) is 5.69 Å². The minimum Gasteiger partial charge on any atom is -0.313 e. The summed E-state index contributed by atoms with van der Waals surface area (Å²) >= 11 is 0. The van der Waals surface area contributed by atoms with Gasteiger partial charge in [0.05, 0.1) is 16.3 Å². The lowest BCUT2D eigenvalue weighted by molar-refractivity contribution is -0.384. The number of nitrogens with two attached hydrogens (primary N) is 1. The summed E-state index contributed by atoms with van der Waals surface area (Å²) in [6.45, 7) is 1.87. The summed E-state index contributed by atoms with van der Waals surface area (Å²) in [5.41, 5.74) is 9.30. The number of aromatic nitrogens is 1. The fourth-order valence-corrected chi connectivity index (χ4v) is 2.38. The molecule has 0 bridgehead atoms. The lowest BCUT2D eigenvalue weighted by Gasteiger charge is -2.29. The van der Waals surface area contributed by atoms with Crippen molar-refractivity contribution in [3.05, 3.63) is 76.2 Å². The highest BCUT2D eigenvalue weighted by Gasteiger charge is 2.20. The molecule has 1 aliphatic rings. The van der Waals surface area contributed by atoms with Crippen LogP contribution in [-0.2, 0) is 0 Å². The van der Waals surface area contributed by atoms with Gasteiger partial charge in [-0.3, -0.25) is 20.8 Å². The van der Waals surface area contributed by atoms with Gasteiger partial charge in [-0.1, -0.05) is 6.07 Å². The monoisotopic (exact) mass is 309 g/mol. The number of nitrogens with zero attached hydrogens (tertiary/aromatic N) is 4. The van der Waals surface area contributed by atoms with Crippen molar-refractivity contribution >= 4 is 17.1 Å². The zero-order valence-electron chi connectivity index (χ0n) is 12.5. The van der Waals surface area contributed by atoms with Crippen molar-refractivity contribution in [2.75, 3.05) is 4.90 Å². The number of aliphatic imine (C=N–C) groups is 1. The molecule has 2 aromatic rings. The molecule has 23 heavy (non-hydrogen) atoms. The van der Waals surface area contributed by atoms with Crippen molar-refractivity contribution < 1.29 is 4.92 Å². The molecule has 0 saturated carbocycles. The lowest BCUT2D eigenvalue weighted by Crippen LogP contribution is -2.40. The van der Waals surface area contributed by atoms with Crippen molar-refractivity contribution in [1.82, 2.24) is 4.98 Å². The summed E-state index contributed by atoms with van der Waals surface area (Å²) < 4.78 is 0. The summed E-state index contributed by atoms with van der Waals surface area (Å²) in [5, 5.41) is 11.0. The molecule has 2 N–H and O–H groups in total. The molecule has 7 nitrogen and oxygen atoms in total. The van der Waals surface area contributed by atoms with E-state index in [0.29, 0.717) is 5.69 Å². The molecular formula is C16H15N5O2. The van der Waals surface area contributed by atoms with Crippen LogP contribution in [0.2, 0.25) is 0 Å². The van der Waals surface area contributed by atoms with Crippen molar-refractivity contribution in [1.29, 1.82) is 0 Å². The Morgan fingerprint density at radius 3 is 2.83 bits per heavy atom. The highest BCUT2D eigenvalue weighted by molar-refractivity contribution is 6.09. The van der Waals surface area contributed by atoms with Gasteiger partial charge in [-0.2, -0.15) is 0 Å². The molecule has 1 aliphatic heterocycles. The molecule has 1 unspecified atom stereocenters.